The standard InChI is InChI=1S/C22H16BrN/c1-15-5-7-16(8-6-15)19-9-10-20(17-3-2-4-18(23)13-17)21-11-12-24-14-22(19)21/h2-14H,1H3. The summed E-state index contributed by atoms with van der Waals surface area (Å²) in [4.78, 5) is 4.36. The average Bonchev–Trinajstić information content (AvgIpc) is 2.62. The molecule has 1 heterocycles. The topological polar surface area (TPSA) is 12.9 Å². The quantitative estimate of drug-likeness (QED) is 0.383. The van der Waals surface area contributed by atoms with Crippen LogP contribution in [0.4, 0.5) is 0 Å². The molecule has 24 heavy (non-hydrogen) atoms. The number of pyridine rings is 1. The van der Waals surface area contributed by atoms with Crippen molar-refractivity contribution in [2.45, 2.75) is 6.92 Å². The van der Waals surface area contributed by atoms with Crippen LogP contribution in [0.3, 0.4) is 0 Å². The molecule has 0 N–H and O–H groups in total. The number of rotatable bonds is 2. The van der Waals surface area contributed by atoms with E-state index in [-0.39, 0.29) is 0 Å². The molecule has 0 radical (unpaired) electrons. The van der Waals surface area contributed by atoms with E-state index < -0.39 is 0 Å². The van der Waals surface area contributed by atoms with E-state index in [1.54, 1.807) is 0 Å². The van der Waals surface area contributed by atoms with Crippen LogP contribution < -0.4 is 0 Å². The molecule has 1 nitrogen and oxygen atoms in total. The van der Waals surface area contributed by atoms with Gasteiger partial charge in [0.05, 0.1) is 0 Å². The zero-order chi connectivity index (χ0) is 16.5. The second-order valence-corrected chi connectivity index (χ2v) is 6.87. The van der Waals surface area contributed by atoms with E-state index in [4.69, 9.17) is 0 Å². The van der Waals surface area contributed by atoms with E-state index in [0.717, 1.165) is 4.47 Å². The van der Waals surface area contributed by atoms with Gasteiger partial charge in [-0.3, -0.25) is 4.98 Å². The first-order chi connectivity index (χ1) is 11.7. The maximum absolute atomic E-state index is 4.36. The molecule has 3 aromatic carbocycles. The summed E-state index contributed by atoms with van der Waals surface area (Å²) in [6, 6.07) is 23.6. The van der Waals surface area contributed by atoms with Gasteiger partial charge in [-0.05, 0) is 52.8 Å². The Kier molecular flexibility index (Phi) is 3.91. The molecule has 0 saturated carbocycles. The van der Waals surface area contributed by atoms with Gasteiger partial charge >= 0.3 is 0 Å². The van der Waals surface area contributed by atoms with Crippen molar-refractivity contribution in [1.29, 1.82) is 0 Å². The highest BCUT2D eigenvalue weighted by atomic mass is 79.9. The van der Waals surface area contributed by atoms with Gasteiger partial charge in [0.25, 0.3) is 0 Å². The van der Waals surface area contributed by atoms with Crippen molar-refractivity contribution in [3.8, 4) is 22.3 Å². The van der Waals surface area contributed by atoms with Crippen LogP contribution >= 0.6 is 15.9 Å². The monoisotopic (exact) mass is 373 g/mol. The molecule has 0 aliphatic carbocycles. The van der Waals surface area contributed by atoms with Crippen molar-refractivity contribution in [2.75, 3.05) is 0 Å². The Balaban J connectivity index is 1.97. The Labute approximate surface area is 150 Å². The second-order valence-electron chi connectivity index (χ2n) is 5.96. The SMILES string of the molecule is Cc1ccc(-c2ccc(-c3cccc(Br)c3)c3ccncc23)cc1. The van der Waals surface area contributed by atoms with E-state index >= 15 is 0 Å². The fraction of sp³-hybridized carbons (Fsp3) is 0.0455. The number of fused-ring (bicyclic) bond motifs is 1. The van der Waals surface area contributed by atoms with Crippen LogP contribution in [0.2, 0.25) is 0 Å². The molecule has 4 aromatic rings. The van der Waals surface area contributed by atoms with Gasteiger partial charge in [-0.1, -0.05) is 70.0 Å². The molecule has 0 amide bonds. The minimum Gasteiger partial charge on any atom is -0.264 e. The molecule has 0 atom stereocenters. The molecule has 2 heteroatoms. The van der Waals surface area contributed by atoms with Crippen molar-refractivity contribution in [2.24, 2.45) is 0 Å². The number of aryl methyl sites for hydroxylation is 1. The van der Waals surface area contributed by atoms with Crippen LogP contribution in [-0.4, -0.2) is 4.98 Å². The summed E-state index contributed by atoms with van der Waals surface area (Å²) in [5.74, 6) is 0. The van der Waals surface area contributed by atoms with E-state index in [1.165, 1.54) is 38.6 Å². The summed E-state index contributed by atoms with van der Waals surface area (Å²) in [7, 11) is 0. The fourth-order valence-corrected chi connectivity index (χ4v) is 3.48. The zero-order valence-electron chi connectivity index (χ0n) is 13.3. The van der Waals surface area contributed by atoms with Gasteiger partial charge in [0.15, 0.2) is 0 Å². The van der Waals surface area contributed by atoms with Crippen LogP contribution in [0.5, 0.6) is 0 Å². The van der Waals surface area contributed by atoms with Gasteiger partial charge in [-0.2, -0.15) is 0 Å². The van der Waals surface area contributed by atoms with Gasteiger partial charge in [-0.15, -0.1) is 0 Å². The normalized spacial score (nSPS) is 10.9. The minimum absolute atomic E-state index is 1.09. The van der Waals surface area contributed by atoms with E-state index in [1.807, 2.05) is 18.5 Å². The molecule has 0 aliphatic heterocycles. The summed E-state index contributed by atoms with van der Waals surface area (Å²) in [5.41, 5.74) is 6.14. The number of nitrogens with zero attached hydrogens (tertiary/aromatic N) is 1. The molecule has 0 fully saturated rings. The molecule has 116 valence electrons. The summed E-state index contributed by atoms with van der Waals surface area (Å²) in [5, 5.41) is 2.40. The fourth-order valence-electron chi connectivity index (χ4n) is 3.08. The highest BCUT2D eigenvalue weighted by Gasteiger charge is 2.09. The van der Waals surface area contributed by atoms with E-state index in [9.17, 15) is 0 Å². The van der Waals surface area contributed by atoms with Gasteiger partial charge in [0.2, 0.25) is 0 Å². The molecule has 0 spiro atoms. The zero-order valence-corrected chi connectivity index (χ0v) is 14.9. The summed E-state index contributed by atoms with van der Waals surface area (Å²) in [6.45, 7) is 2.11. The van der Waals surface area contributed by atoms with Gasteiger partial charge in [0, 0.05) is 22.3 Å². The first-order valence-electron chi connectivity index (χ1n) is 7.92. The molecular weight excluding hydrogens is 358 g/mol. The van der Waals surface area contributed by atoms with Gasteiger partial charge in [0.1, 0.15) is 0 Å². The van der Waals surface area contributed by atoms with Crippen molar-refractivity contribution < 1.29 is 0 Å². The first-order valence-corrected chi connectivity index (χ1v) is 8.71. The predicted octanol–water partition coefficient (Wildman–Crippen LogP) is 6.64. The van der Waals surface area contributed by atoms with E-state index in [0.29, 0.717) is 0 Å². The lowest BCUT2D eigenvalue weighted by molar-refractivity contribution is 1.36. The third-order valence-corrected chi connectivity index (χ3v) is 4.81. The van der Waals surface area contributed by atoms with Crippen LogP contribution in [-0.2, 0) is 0 Å². The highest BCUT2D eigenvalue weighted by Crippen LogP contribution is 2.35. The lowest BCUT2D eigenvalue weighted by Gasteiger charge is -2.12. The largest absolute Gasteiger partial charge is 0.264 e. The smallest absolute Gasteiger partial charge is 0.0352 e. The number of hydrogen-bond acceptors (Lipinski definition) is 1. The van der Waals surface area contributed by atoms with Crippen LogP contribution in [0, 0.1) is 6.92 Å². The molecule has 1 aromatic heterocycles. The number of aromatic nitrogens is 1. The molecule has 0 unspecified atom stereocenters. The Morgan fingerprint density at radius 3 is 2.25 bits per heavy atom. The molecule has 0 aliphatic rings. The Morgan fingerprint density at radius 1 is 0.750 bits per heavy atom. The number of halogens is 1. The lowest BCUT2D eigenvalue weighted by Crippen LogP contribution is -1.87. The first kappa shape index (κ1) is 15.1. The van der Waals surface area contributed by atoms with Crippen molar-refractivity contribution in [3.63, 3.8) is 0 Å². The Bertz CT molecular complexity index is 1020. The third kappa shape index (κ3) is 2.74. The Hall–Kier alpha value is -2.45. The van der Waals surface area contributed by atoms with Crippen LogP contribution in [0.15, 0.2) is 83.6 Å². The van der Waals surface area contributed by atoms with Crippen molar-refractivity contribution in [3.05, 3.63) is 89.2 Å². The molecular formula is C22H16BrN. The highest BCUT2D eigenvalue weighted by molar-refractivity contribution is 9.10. The summed E-state index contributed by atoms with van der Waals surface area (Å²) in [6.07, 6.45) is 3.83. The molecule has 0 bridgehead atoms. The maximum atomic E-state index is 4.36. The molecule has 4 rings (SSSR count). The van der Waals surface area contributed by atoms with Crippen molar-refractivity contribution >= 4 is 26.7 Å². The predicted molar refractivity (Wildman–Crippen MR) is 105 cm³/mol. The average molecular weight is 374 g/mol. The van der Waals surface area contributed by atoms with E-state index in [2.05, 4.69) is 88.5 Å². The Morgan fingerprint density at radius 2 is 1.50 bits per heavy atom. The number of hydrogen-bond donors (Lipinski definition) is 0. The summed E-state index contributed by atoms with van der Waals surface area (Å²) >= 11 is 3.57. The minimum atomic E-state index is 1.09. The number of benzene rings is 3. The lowest BCUT2D eigenvalue weighted by atomic mass is 9.93. The maximum Gasteiger partial charge on any atom is 0.0352 e. The van der Waals surface area contributed by atoms with Crippen LogP contribution in [0.25, 0.3) is 33.0 Å². The van der Waals surface area contributed by atoms with Crippen molar-refractivity contribution in [1.82, 2.24) is 4.98 Å². The summed E-state index contributed by atoms with van der Waals surface area (Å²) < 4.78 is 1.09. The second kappa shape index (κ2) is 6.21. The van der Waals surface area contributed by atoms with Gasteiger partial charge in [-0.25, -0.2) is 0 Å². The molecule has 0 saturated heterocycles. The van der Waals surface area contributed by atoms with Gasteiger partial charge < -0.3 is 0 Å². The van der Waals surface area contributed by atoms with Crippen LogP contribution in [0.1, 0.15) is 5.56 Å². The third-order valence-electron chi connectivity index (χ3n) is 4.32.